The van der Waals surface area contributed by atoms with Gasteiger partial charge in [0.1, 0.15) is 6.54 Å². The highest BCUT2D eigenvalue weighted by molar-refractivity contribution is 6.01. The molecule has 0 atom stereocenters. The van der Waals surface area contributed by atoms with Crippen molar-refractivity contribution in [2.75, 3.05) is 11.4 Å². The maximum atomic E-state index is 11.5. The topological polar surface area (TPSA) is 87.2 Å². The first-order valence-electron chi connectivity index (χ1n) is 4.58. The molecular weight excluding hydrogens is 210 g/mol. The zero-order chi connectivity index (χ0) is 11.7. The number of hydrogen-bond acceptors (Lipinski definition) is 4. The standard InChI is InChI=1S/C10H7N3O3/c11-3-4-12-9-2-1-8(13(15)16)5-7(9)6-10(12)14/h1-2,5H,4,6H2. The first-order chi connectivity index (χ1) is 7.63. The second kappa shape index (κ2) is 3.62. The predicted octanol–water partition coefficient (Wildman–Crippen LogP) is 1.01. The molecule has 0 saturated heterocycles. The van der Waals surface area contributed by atoms with Crippen LogP contribution in [0.15, 0.2) is 18.2 Å². The average molecular weight is 217 g/mol. The average Bonchev–Trinajstić information content (AvgIpc) is 2.55. The highest BCUT2D eigenvalue weighted by Crippen LogP contribution is 2.31. The van der Waals surface area contributed by atoms with Gasteiger partial charge in [0.05, 0.1) is 17.4 Å². The first kappa shape index (κ1) is 10.1. The number of benzene rings is 1. The SMILES string of the molecule is N#CCN1C(=O)Cc2cc([N+](=O)[O-])ccc21. The molecule has 1 aromatic rings. The summed E-state index contributed by atoms with van der Waals surface area (Å²) in [5.41, 5.74) is 1.16. The molecule has 0 aromatic heterocycles. The molecule has 1 heterocycles. The molecule has 2 rings (SSSR count). The molecule has 1 aliphatic rings. The van der Waals surface area contributed by atoms with Crippen LogP contribution in [0.4, 0.5) is 11.4 Å². The van der Waals surface area contributed by atoms with Gasteiger partial charge in [-0.3, -0.25) is 19.8 Å². The highest BCUT2D eigenvalue weighted by atomic mass is 16.6. The molecule has 0 fully saturated rings. The lowest BCUT2D eigenvalue weighted by atomic mass is 10.1. The normalized spacial score (nSPS) is 13.4. The van der Waals surface area contributed by atoms with Crippen LogP contribution >= 0.6 is 0 Å². The van der Waals surface area contributed by atoms with Crippen LogP contribution in [0.25, 0.3) is 0 Å². The monoisotopic (exact) mass is 217 g/mol. The zero-order valence-corrected chi connectivity index (χ0v) is 8.21. The minimum atomic E-state index is -0.502. The van der Waals surface area contributed by atoms with E-state index in [-0.39, 0.29) is 24.6 Å². The van der Waals surface area contributed by atoms with Gasteiger partial charge >= 0.3 is 0 Å². The van der Waals surface area contributed by atoms with E-state index in [0.29, 0.717) is 11.3 Å². The summed E-state index contributed by atoms with van der Waals surface area (Å²) in [6.07, 6.45) is 0.124. The largest absolute Gasteiger partial charge is 0.298 e. The number of nitro benzene ring substituents is 1. The van der Waals surface area contributed by atoms with Crippen LogP contribution < -0.4 is 4.90 Å². The summed E-state index contributed by atoms with van der Waals surface area (Å²) in [5, 5.41) is 19.1. The van der Waals surface area contributed by atoms with Crippen molar-refractivity contribution in [3.05, 3.63) is 33.9 Å². The summed E-state index contributed by atoms with van der Waals surface area (Å²) in [6.45, 7) is -0.0242. The fourth-order valence-corrected chi connectivity index (χ4v) is 1.73. The molecule has 1 amide bonds. The van der Waals surface area contributed by atoms with E-state index >= 15 is 0 Å². The fraction of sp³-hybridized carbons (Fsp3) is 0.200. The molecule has 0 spiro atoms. The molecule has 6 nitrogen and oxygen atoms in total. The van der Waals surface area contributed by atoms with E-state index < -0.39 is 4.92 Å². The number of anilines is 1. The molecule has 1 aromatic carbocycles. The van der Waals surface area contributed by atoms with Crippen LogP contribution in [-0.2, 0) is 11.2 Å². The van der Waals surface area contributed by atoms with Crippen LogP contribution in [-0.4, -0.2) is 17.4 Å². The smallest absolute Gasteiger partial charge is 0.269 e. The molecule has 80 valence electrons. The van der Waals surface area contributed by atoms with Crippen LogP contribution in [0.2, 0.25) is 0 Å². The summed E-state index contributed by atoms with van der Waals surface area (Å²) < 4.78 is 0. The molecule has 0 aliphatic carbocycles. The number of fused-ring (bicyclic) bond motifs is 1. The lowest BCUT2D eigenvalue weighted by Crippen LogP contribution is -2.26. The maximum Gasteiger partial charge on any atom is 0.269 e. The van der Waals surface area contributed by atoms with Gasteiger partial charge in [-0.15, -0.1) is 0 Å². The first-order valence-corrected chi connectivity index (χ1v) is 4.58. The van der Waals surface area contributed by atoms with Crippen LogP contribution in [0.1, 0.15) is 5.56 Å². The van der Waals surface area contributed by atoms with Crippen molar-refractivity contribution in [2.24, 2.45) is 0 Å². The number of non-ortho nitro benzene ring substituents is 1. The Labute approximate surface area is 90.9 Å². The minimum Gasteiger partial charge on any atom is -0.298 e. The molecule has 0 saturated carbocycles. The van der Waals surface area contributed by atoms with Crippen molar-refractivity contribution >= 4 is 17.3 Å². The van der Waals surface area contributed by atoms with Crippen molar-refractivity contribution in [1.82, 2.24) is 0 Å². The van der Waals surface area contributed by atoms with E-state index in [2.05, 4.69) is 0 Å². The summed E-state index contributed by atoms with van der Waals surface area (Å²) >= 11 is 0. The zero-order valence-electron chi connectivity index (χ0n) is 8.21. The molecule has 6 heteroatoms. The minimum absolute atomic E-state index is 0.0242. The van der Waals surface area contributed by atoms with E-state index in [9.17, 15) is 14.9 Å². The molecule has 0 radical (unpaired) electrons. The third-order valence-electron chi connectivity index (χ3n) is 2.44. The van der Waals surface area contributed by atoms with Crippen molar-refractivity contribution < 1.29 is 9.72 Å². The Morgan fingerprint density at radius 1 is 1.56 bits per heavy atom. The lowest BCUT2D eigenvalue weighted by Gasteiger charge is -2.12. The Balaban J connectivity index is 2.43. The van der Waals surface area contributed by atoms with E-state index in [1.54, 1.807) is 0 Å². The van der Waals surface area contributed by atoms with E-state index in [4.69, 9.17) is 5.26 Å². The number of carbonyl (C=O) groups excluding carboxylic acids is 1. The summed E-state index contributed by atoms with van der Waals surface area (Å²) in [5.74, 6) is -0.197. The molecule has 0 bridgehead atoms. The number of hydrogen-bond donors (Lipinski definition) is 0. The van der Waals surface area contributed by atoms with Gasteiger partial charge in [0, 0.05) is 17.8 Å². The van der Waals surface area contributed by atoms with Crippen molar-refractivity contribution in [2.45, 2.75) is 6.42 Å². The lowest BCUT2D eigenvalue weighted by molar-refractivity contribution is -0.384. The molecule has 16 heavy (non-hydrogen) atoms. The Hall–Kier alpha value is -2.42. The van der Waals surface area contributed by atoms with Gasteiger partial charge in [-0.1, -0.05) is 0 Å². The summed E-state index contributed by atoms with van der Waals surface area (Å²) in [7, 11) is 0. The van der Waals surface area contributed by atoms with Crippen molar-refractivity contribution in [3.8, 4) is 6.07 Å². The molecule has 0 N–H and O–H groups in total. The fourth-order valence-electron chi connectivity index (χ4n) is 1.73. The third kappa shape index (κ3) is 1.48. The van der Waals surface area contributed by atoms with Gasteiger partial charge in [-0.05, 0) is 11.6 Å². The summed E-state index contributed by atoms with van der Waals surface area (Å²) in [6, 6.07) is 6.11. The van der Waals surface area contributed by atoms with Crippen LogP contribution in [0.5, 0.6) is 0 Å². The van der Waals surface area contributed by atoms with Gasteiger partial charge in [-0.2, -0.15) is 5.26 Å². The Bertz CT molecular complexity index is 519. The van der Waals surface area contributed by atoms with E-state index in [0.717, 1.165) is 0 Å². The molecule has 1 aliphatic heterocycles. The van der Waals surface area contributed by atoms with E-state index in [1.807, 2.05) is 6.07 Å². The van der Waals surface area contributed by atoms with Gasteiger partial charge < -0.3 is 0 Å². The number of amides is 1. The molecule has 0 unspecified atom stereocenters. The Kier molecular flexibility index (Phi) is 2.29. The van der Waals surface area contributed by atoms with Gasteiger partial charge in [0.2, 0.25) is 5.91 Å². The van der Waals surface area contributed by atoms with Crippen LogP contribution in [0.3, 0.4) is 0 Å². The predicted molar refractivity (Wildman–Crippen MR) is 54.8 cm³/mol. The van der Waals surface area contributed by atoms with Gasteiger partial charge in [0.25, 0.3) is 5.69 Å². The number of nitro groups is 1. The molecular formula is C10H7N3O3. The third-order valence-corrected chi connectivity index (χ3v) is 2.44. The Morgan fingerprint density at radius 3 is 2.94 bits per heavy atom. The van der Waals surface area contributed by atoms with Crippen LogP contribution in [0, 0.1) is 21.4 Å². The van der Waals surface area contributed by atoms with Gasteiger partial charge in [-0.25, -0.2) is 0 Å². The second-order valence-corrected chi connectivity index (χ2v) is 3.38. The van der Waals surface area contributed by atoms with Crippen molar-refractivity contribution in [3.63, 3.8) is 0 Å². The number of nitriles is 1. The number of carbonyl (C=O) groups is 1. The number of nitrogens with zero attached hydrogens (tertiary/aromatic N) is 3. The van der Waals surface area contributed by atoms with E-state index in [1.165, 1.54) is 23.1 Å². The maximum absolute atomic E-state index is 11.5. The van der Waals surface area contributed by atoms with Gasteiger partial charge in [0.15, 0.2) is 0 Å². The second-order valence-electron chi connectivity index (χ2n) is 3.38. The quantitative estimate of drug-likeness (QED) is 0.420. The summed E-state index contributed by atoms with van der Waals surface area (Å²) in [4.78, 5) is 22.9. The van der Waals surface area contributed by atoms with Crippen molar-refractivity contribution in [1.29, 1.82) is 5.26 Å². The number of rotatable bonds is 2. The highest BCUT2D eigenvalue weighted by Gasteiger charge is 2.28. The Morgan fingerprint density at radius 2 is 2.31 bits per heavy atom.